The predicted octanol–water partition coefficient (Wildman–Crippen LogP) is -0.577. The fourth-order valence-corrected chi connectivity index (χ4v) is 1.65. The van der Waals surface area contributed by atoms with E-state index in [0.29, 0.717) is 13.2 Å². The topological polar surface area (TPSA) is 57.2 Å². The Hall–Kier alpha value is -0.200. The lowest BCUT2D eigenvalue weighted by atomic mass is 10.0. The van der Waals surface area contributed by atoms with Crippen LogP contribution in [0.2, 0.25) is 0 Å². The quantitative estimate of drug-likeness (QED) is 0.667. The number of aliphatic hydroxyl groups is 1. The van der Waals surface area contributed by atoms with Crippen molar-refractivity contribution in [3.8, 4) is 0 Å². The number of rotatable bonds is 4. The first-order chi connectivity index (χ1) is 6.74. The highest BCUT2D eigenvalue weighted by Gasteiger charge is 2.39. The fraction of sp³-hybridized carbons (Fsp3) is 1.00. The van der Waals surface area contributed by atoms with Gasteiger partial charge in [0, 0.05) is 21.3 Å². The van der Waals surface area contributed by atoms with Gasteiger partial charge in [-0.1, -0.05) is 0 Å². The number of hydrogen-bond donors (Lipinski definition) is 1. The molecule has 0 aliphatic carbocycles. The average Bonchev–Trinajstić information content (AvgIpc) is 2.21. The molecule has 0 aromatic carbocycles. The molecule has 1 aliphatic heterocycles. The van der Waals surface area contributed by atoms with Crippen molar-refractivity contribution >= 4 is 0 Å². The highest BCUT2D eigenvalue weighted by atomic mass is 16.6. The summed E-state index contributed by atoms with van der Waals surface area (Å²) in [5.41, 5.74) is 0. The Balaban J connectivity index is 2.56. The summed E-state index contributed by atoms with van der Waals surface area (Å²) in [5.74, 6) is 0. The van der Waals surface area contributed by atoms with Crippen molar-refractivity contribution in [1.82, 2.24) is 0 Å². The Labute approximate surface area is 83.9 Å². The molecule has 0 amide bonds. The maximum absolute atomic E-state index is 9.85. The lowest BCUT2D eigenvalue weighted by molar-refractivity contribution is -0.212. The normalized spacial score (nSPS) is 38.6. The minimum absolute atomic E-state index is 0.219. The lowest BCUT2D eigenvalue weighted by Crippen LogP contribution is -2.55. The molecular weight excluding hydrogens is 188 g/mol. The van der Waals surface area contributed by atoms with Crippen molar-refractivity contribution in [3.63, 3.8) is 0 Å². The number of methoxy groups -OCH3 is 3. The molecule has 5 heteroatoms. The molecule has 0 radical (unpaired) electrons. The highest BCUT2D eigenvalue weighted by Crippen LogP contribution is 2.19. The third-order valence-corrected chi connectivity index (χ3v) is 2.46. The maximum Gasteiger partial charge on any atom is 0.114 e. The first kappa shape index (κ1) is 11.9. The van der Waals surface area contributed by atoms with E-state index in [9.17, 15) is 5.11 Å². The molecule has 0 saturated carbocycles. The fourth-order valence-electron chi connectivity index (χ4n) is 1.65. The van der Waals surface area contributed by atoms with E-state index < -0.39 is 6.10 Å². The number of aliphatic hydroxyl groups excluding tert-OH is 1. The van der Waals surface area contributed by atoms with Crippen LogP contribution in [0.25, 0.3) is 0 Å². The first-order valence-electron chi connectivity index (χ1n) is 4.58. The van der Waals surface area contributed by atoms with E-state index in [1.807, 2.05) is 0 Å². The third kappa shape index (κ3) is 2.43. The molecular formula is C9H18O5. The summed E-state index contributed by atoms with van der Waals surface area (Å²) in [6.45, 7) is 0.775. The minimum Gasteiger partial charge on any atom is -0.387 e. The zero-order chi connectivity index (χ0) is 10.6. The van der Waals surface area contributed by atoms with Crippen molar-refractivity contribution in [2.75, 3.05) is 34.5 Å². The zero-order valence-electron chi connectivity index (χ0n) is 8.80. The van der Waals surface area contributed by atoms with Crippen LogP contribution < -0.4 is 0 Å². The van der Waals surface area contributed by atoms with Crippen LogP contribution in [-0.4, -0.2) is 64.1 Å². The van der Waals surface area contributed by atoms with Gasteiger partial charge in [-0.3, -0.25) is 0 Å². The number of ether oxygens (including phenoxy) is 4. The Morgan fingerprint density at radius 2 is 2.00 bits per heavy atom. The van der Waals surface area contributed by atoms with Crippen molar-refractivity contribution < 1.29 is 24.1 Å². The van der Waals surface area contributed by atoms with Crippen LogP contribution in [0.1, 0.15) is 0 Å². The molecule has 1 rings (SSSR count). The molecule has 5 nitrogen and oxygen atoms in total. The summed E-state index contributed by atoms with van der Waals surface area (Å²) in [4.78, 5) is 0. The SMILES string of the molecule is COC[C@H]1OC[C@H](OC)[C@@H](OC)[C@@H]1O. The van der Waals surface area contributed by atoms with E-state index in [1.54, 1.807) is 21.3 Å². The summed E-state index contributed by atoms with van der Waals surface area (Å²) in [7, 11) is 4.69. The van der Waals surface area contributed by atoms with E-state index in [1.165, 1.54) is 0 Å². The van der Waals surface area contributed by atoms with Gasteiger partial charge in [-0.05, 0) is 0 Å². The molecule has 0 aromatic heterocycles. The minimum atomic E-state index is -0.710. The molecule has 1 fully saturated rings. The molecule has 14 heavy (non-hydrogen) atoms. The van der Waals surface area contributed by atoms with Crippen LogP contribution in [0.5, 0.6) is 0 Å². The van der Waals surface area contributed by atoms with Crippen molar-refractivity contribution in [2.24, 2.45) is 0 Å². The smallest absolute Gasteiger partial charge is 0.114 e. The lowest BCUT2D eigenvalue weighted by Gasteiger charge is -2.38. The predicted molar refractivity (Wildman–Crippen MR) is 49.2 cm³/mol. The van der Waals surface area contributed by atoms with Gasteiger partial charge in [0.25, 0.3) is 0 Å². The van der Waals surface area contributed by atoms with Gasteiger partial charge in [0.15, 0.2) is 0 Å². The summed E-state index contributed by atoms with van der Waals surface area (Å²) < 4.78 is 20.6. The average molecular weight is 206 g/mol. The van der Waals surface area contributed by atoms with Crippen LogP contribution >= 0.6 is 0 Å². The zero-order valence-corrected chi connectivity index (χ0v) is 8.80. The van der Waals surface area contributed by atoms with Crippen LogP contribution in [-0.2, 0) is 18.9 Å². The summed E-state index contributed by atoms with van der Waals surface area (Å²) in [6.07, 6.45) is -1.62. The van der Waals surface area contributed by atoms with Crippen LogP contribution in [0.3, 0.4) is 0 Å². The highest BCUT2D eigenvalue weighted by molar-refractivity contribution is 4.88. The molecule has 4 atom stereocenters. The molecule has 0 bridgehead atoms. The van der Waals surface area contributed by atoms with Gasteiger partial charge >= 0.3 is 0 Å². The molecule has 0 unspecified atom stereocenters. The Morgan fingerprint density at radius 3 is 2.50 bits per heavy atom. The van der Waals surface area contributed by atoms with Gasteiger partial charge in [0.1, 0.15) is 24.4 Å². The second-order valence-corrected chi connectivity index (χ2v) is 3.29. The molecule has 84 valence electrons. The molecule has 0 aromatic rings. The van der Waals surface area contributed by atoms with Crippen molar-refractivity contribution in [1.29, 1.82) is 0 Å². The van der Waals surface area contributed by atoms with Crippen molar-refractivity contribution in [3.05, 3.63) is 0 Å². The van der Waals surface area contributed by atoms with Gasteiger partial charge in [0.05, 0.1) is 13.2 Å². The largest absolute Gasteiger partial charge is 0.387 e. The first-order valence-corrected chi connectivity index (χ1v) is 4.58. The van der Waals surface area contributed by atoms with Gasteiger partial charge in [-0.25, -0.2) is 0 Å². The molecule has 1 heterocycles. The van der Waals surface area contributed by atoms with E-state index >= 15 is 0 Å². The van der Waals surface area contributed by atoms with Gasteiger partial charge in [-0.15, -0.1) is 0 Å². The summed E-state index contributed by atoms with van der Waals surface area (Å²) in [5, 5.41) is 9.85. The Morgan fingerprint density at radius 1 is 1.29 bits per heavy atom. The molecule has 0 spiro atoms. The third-order valence-electron chi connectivity index (χ3n) is 2.46. The van der Waals surface area contributed by atoms with Gasteiger partial charge in [0.2, 0.25) is 0 Å². The molecule has 1 N–H and O–H groups in total. The van der Waals surface area contributed by atoms with E-state index in [2.05, 4.69) is 0 Å². The van der Waals surface area contributed by atoms with Crippen molar-refractivity contribution in [2.45, 2.75) is 24.4 Å². The molecule has 1 saturated heterocycles. The van der Waals surface area contributed by atoms with Crippen LogP contribution in [0, 0.1) is 0 Å². The second-order valence-electron chi connectivity index (χ2n) is 3.29. The van der Waals surface area contributed by atoms with E-state index in [4.69, 9.17) is 18.9 Å². The van der Waals surface area contributed by atoms with E-state index in [-0.39, 0.29) is 18.3 Å². The van der Waals surface area contributed by atoms with Gasteiger partial charge in [-0.2, -0.15) is 0 Å². The van der Waals surface area contributed by atoms with E-state index in [0.717, 1.165) is 0 Å². The maximum atomic E-state index is 9.85. The summed E-state index contributed by atoms with van der Waals surface area (Å²) >= 11 is 0. The number of hydrogen-bond acceptors (Lipinski definition) is 5. The monoisotopic (exact) mass is 206 g/mol. The van der Waals surface area contributed by atoms with Crippen LogP contribution in [0.4, 0.5) is 0 Å². The second kappa shape index (κ2) is 5.63. The Bertz CT molecular complexity index is 163. The van der Waals surface area contributed by atoms with Crippen LogP contribution in [0.15, 0.2) is 0 Å². The van der Waals surface area contributed by atoms with Gasteiger partial charge < -0.3 is 24.1 Å². The summed E-state index contributed by atoms with van der Waals surface area (Å²) in [6, 6.07) is 0. The molecule has 1 aliphatic rings. The standard InChI is InChI=1S/C9H18O5/c1-11-4-6-8(10)9(13-3)7(12-2)5-14-6/h6-10H,4-5H2,1-3H3/t6-,7+,8-,9-/m1/s1. The Kier molecular flexibility index (Phi) is 4.77.